The number of rotatable bonds is 3. The summed E-state index contributed by atoms with van der Waals surface area (Å²) in [5.41, 5.74) is 9.70. The summed E-state index contributed by atoms with van der Waals surface area (Å²) in [5, 5.41) is 9.71. The van der Waals surface area contributed by atoms with Crippen LogP contribution in [0.2, 0.25) is 0 Å². The van der Waals surface area contributed by atoms with Crippen molar-refractivity contribution >= 4 is 0 Å². The molecule has 2 aromatic rings. The van der Waals surface area contributed by atoms with E-state index in [0.29, 0.717) is 5.92 Å². The van der Waals surface area contributed by atoms with E-state index in [4.69, 9.17) is 5.73 Å². The Morgan fingerprint density at radius 3 is 2.15 bits per heavy atom. The summed E-state index contributed by atoms with van der Waals surface area (Å²) < 4.78 is 0. The van der Waals surface area contributed by atoms with E-state index in [1.165, 1.54) is 16.7 Å². The maximum absolute atomic E-state index is 9.71. The van der Waals surface area contributed by atoms with Crippen molar-refractivity contribution in [2.75, 3.05) is 0 Å². The fraction of sp³-hybridized carbons (Fsp3) is 0.333. The van der Waals surface area contributed by atoms with E-state index in [9.17, 15) is 5.11 Å². The Bertz CT molecular complexity index is 539. The summed E-state index contributed by atoms with van der Waals surface area (Å²) in [6.07, 6.45) is 2.46. The predicted molar refractivity (Wildman–Crippen MR) is 82.3 cm³/mol. The summed E-state index contributed by atoms with van der Waals surface area (Å²) in [5.74, 6) is 0.516. The fourth-order valence-electron chi connectivity index (χ4n) is 3.12. The van der Waals surface area contributed by atoms with Gasteiger partial charge in [-0.05, 0) is 41.9 Å². The van der Waals surface area contributed by atoms with Crippen molar-refractivity contribution in [2.45, 2.75) is 31.4 Å². The van der Waals surface area contributed by atoms with Crippen LogP contribution >= 0.6 is 0 Å². The molecule has 0 amide bonds. The van der Waals surface area contributed by atoms with Crippen LogP contribution in [0.4, 0.5) is 0 Å². The summed E-state index contributed by atoms with van der Waals surface area (Å²) >= 11 is 0. The van der Waals surface area contributed by atoms with Gasteiger partial charge in [0.2, 0.25) is 0 Å². The Morgan fingerprint density at radius 2 is 1.55 bits per heavy atom. The minimum absolute atomic E-state index is 0.0383. The number of hydrogen-bond donors (Lipinski definition) is 2. The molecule has 0 unspecified atom stereocenters. The van der Waals surface area contributed by atoms with E-state index < -0.39 is 0 Å². The average Bonchev–Trinajstić information content (AvgIpc) is 2.79. The lowest BCUT2D eigenvalue weighted by Crippen LogP contribution is -2.28. The highest BCUT2D eigenvalue weighted by Gasteiger charge is 2.29. The topological polar surface area (TPSA) is 46.2 Å². The Morgan fingerprint density at radius 1 is 0.900 bits per heavy atom. The first kappa shape index (κ1) is 13.3. The monoisotopic (exact) mass is 267 g/mol. The SMILES string of the molecule is N[C@@H]1C[C@H](Cc2ccc(-c3ccccc3)cc2)C[C@@H]1O. The van der Waals surface area contributed by atoms with Gasteiger partial charge in [0.05, 0.1) is 6.10 Å². The van der Waals surface area contributed by atoms with Crippen LogP contribution in [0.25, 0.3) is 11.1 Å². The maximum Gasteiger partial charge on any atom is 0.0693 e. The molecule has 1 fully saturated rings. The van der Waals surface area contributed by atoms with Crippen LogP contribution < -0.4 is 5.73 Å². The zero-order valence-corrected chi connectivity index (χ0v) is 11.6. The van der Waals surface area contributed by atoms with Crippen molar-refractivity contribution in [1.82, 2.24) is 0 Å². The van der Waals surface area contributed by atoms with E-state index in [-0.39, 0.29) is 12.1 Å². The zero-order chi connectivity index (χ0) is 13.9. The smallest absolute Gasteiger partial charge is 0.0693 e. The third kappa shape index (κ3) is 2.92. The van der Waals surface area contributed by atoms with Crippen LogP contribution in [-0.2, 0) is 6.42 Å². The molecule has 3 N–H and O–H groups in total. The lowest BCUT2D eigenvalue weighted by Gasteiger charge is -2.10. The molecule has 0 spiro atoms. The molecule has 1 aliphatic rings. The first-order chi connectivity index (χ1) is 9.72. The normalized spacial score (nSPS) is 25.8. The van der Waals surface area contributed by atoms with Crippen molar-refractivity contribution in [3.8, 4) is 11.1 Å². The van der Waals surface area contributed by atoms with Gasteiger partial charge in [-0.2, -0.15) is 0 Å². The van der Waals surface area contributed by atoms with E-state index in [2.05, 4.69) is 48.5 Å². The van der Waals surface area contributed by atoms with Crippen molar-refractivity contribution in [3.05, 3.63) is 60.2 Å². The Hall–Kier alpha value is -1.64. The van der Waals surface area contributed by atoms with Gasteiger partial charge in [-0.15, -0.1) is 0 Å². The standard InChI is InChI=1S/C18H21NO/c19-17-11-14(12-18(17)20)10-13-6-8-16(9-7-13)15-4-2-1-3-5-15/h1-9,14,17-18,20H,10-12,19H2/t14-,17+,18-/m0/s1. The molecule has 0 bridgehead atoms. The summed E-state index contributed by atoms with van der Waals surface area (Å²) in [4.78, 5) is 0. The number of hydrogen-bond acceptors (Lipinski definition) is 2. The van der Waals surface area contributed by atoms with Gasteiger partial charge >= 0.3 is 0 Å². The van der Waals surface area contributed by atoms with Gasteiger partial charge in [0, 0.05) is 6.04 Å². The number of nitrogens with two attached hydrogens (primary N) is 1. The van der Waals surface area contributed by atoms with Gasteiger partial charge < -0.3 is 10.8 Å². The zero-order valence-electron chi connectivity index (χ0n) is 11.6. The van der Waals surface area contributed by atoms with Gasteiger partial charge in [-0.25, -0.2) is 0 Å². The summed E-state index contributed by atoms with van der Waals surface area (Å²) in [7, 11) is 0. The molecular formula is C18H21NO. The van der Waals surface area contributed by atoms with E-state index >= 15 is 0 Å². The molecule has 104 valence electrons. The van der Waals surface area contributed by atoms with E-state index in [0.717, 1.165) is 19.3 Å². The molecule has 3 rings (SSSR count). The second-order valence-corrected chi connectivity index (χ2v) is 5.84. The molecule has 2 heteroatoms. The van der Waals surface area contributed by atoms with Gasteiger partial charge in [0.15, 0.2) is 0 Å². The maximum atomic E-state index is 9.71. The van der Waals surface area contributed by atoms with Gasteiger partial charge in [0.1, 0.15) is 0 Å². The van der Waals surface area contributed by atoms with Gasteiger partial charge in [-0.1, -0.05) is 54.6 Å². The highest BCUT2D eigenvalue weighted by Crippen LogP contribution is 2.28. The van der Waals surface area contributed by atoms with Crippen LogP contribution in [0.3, 0.4) is 0 Å². The number of benzene rings is 2. The number of aliphatic hydroxyl groups is 1. The summed E-state index contributed by atoms with van der Waals surface area (Å²) in [6.45, 7) is 0. The lowest BCUT2D eigenvalue weighted by molar-refractivity contribution is 0.161. The minimum atomic E-state index is -0.316. The molecule has 3 atom stereocenters. The number of aliphatic hydroxyl groups excluding tert-OH is 1. The molecule has 0 aliphatic heterocycles. The van der Waals surface area contributed by atoms with Crippen LogP contribution in [0.15, 0.2) is 54.6 Å². The van der Waals surface area contributed by atoms with Crippen molar-refractivity contribution in [1.29, 1.82) is 0 Å². The quantitative estimate of drug-likeness (QED) is 0.898. The molecule has 0 heterocycles. The molecular weight excluding hydrogens is 246 g/mol. The lowest BCUT2D eigenvalue weighted by atomic mass is 9.96. The minimum Gasteiger partial charge on any atom is -0.392 e. The predicted octanol–water partition coefficient (Wildman–Crippen LogP) is 2.99. The van der Waals surface area contributed by atoms with Gasteiger partial charge in [0.25, 0.3) is 0 Å². The highest BCUT2D eigenvalue weighted by atomic mass is 16.3. The first-order valence-electron chi connectivity index (χ1n) is 7.30. The second-order valence-electron chi connectivity index (χ2n) is 5.84. The van der Waals surface area contributed by atoms with Crippen LogP contribution in [-0.4, -0.2) is 17.3 Å². The van der Waals surface area contributed by atoms with Crippen LogP contribution in [0.5, 0.6) is 0 Å². The molecule has 1 saturated carbocycles. The molecule has 2 nitrogen and oxygen atoms in total. The summed E-state index contributed by atoms with van der Waals surface area (Å²) in [6, 6.07) is 19.1. The molecule has 2 aromatic carbocycles. The average molecular weight is 267 g/mol. The van der Waals surface area contributed by atoms with E-state index in [1.54, 1.807) is 0 Å². The Balaban J connectivity index is 1.68. The van der Waals surface area contributed by atoms with Crippen LogP contribution in [0, 0.1) is 5.92 Å². The molecule has 0 aromatic heterocycles. The fourth-order valence-corrected chi connectivity index (χ4v) is 3.12. The third-order valence-electron chi connectivity index (χ3n) is 4.26. The molecule has 1 aliphatic carbocycles. The van der Waals surface area contributed by atoms with Crippen LogP contribution in [0.1, 0.15) is 18.4 Å². The molecule has 0 radical (unpaired) electrons. The Labute approximate surface area is 120 Å². The Kier molecular flexibility index (Phi) is 3.86. The van der Waals surface area contributed by atoms with Crippen molar-refractivity contribution in [2.24, 2.45) is 11.7 Å². The van der Waals surface area contributed by atoms with Gasteiger partial charge in [-0.3, -0.25) is 0 Å². The van der Waals surface area contributed by atoms with Crippen molar-refractivity contribution < 1.29 is 5.11 Å². The molecule has 0 saturated heterocycles. The van der Waals surface area contributed by atoms with Crippen molar-refractivity contribution in [3.63, 3.8) is 0 Å². The first-order valence-corrected chi connectivity index (χ1v) is 7.30. The highest BCUT2D eigenvalue weighted by molar-refractivity contribution is 5.63. The van der Waals surface area contributed by atoms with E-state index in [1.807, 2.05) is 6.07 Å². The second kappa shape index (κ2) is 5.78. The largest absolute Gasteiger partial charge is 0.392 e. The molecule has 20 heavy (non-hydrogen) atoms. The third-order valence-corrected chi connectivity index (χ3v) is 4.26.